The van der Waals surface area contributed by atoms with Crippen LogP contribution in [0.1, 0.15) is 9.67 Å². The Hall–Kier alpha value is -1.35. The molecule has 0 aromatic carbocycles. The third-order valence-corrected chi connectivity index (χ3v) is 4.51. The maximum atomic E-state index is 12.1. The molecule has 2 N–H and O–H groups in total. The van der Waals surface area contributed by atoms with Crippen LogP contribution < -0.4 is 10.6 Å². The van der Waals surface area contributed by atoms with Crippen molar-refractivity contribution >= 4 is 38.0 Å². The van der Waals surface area contributed by atoms with E-state index in [2.05, 4.69) is 4.98 Å². The highest BCUT2D eigenvalue weighted by Crippen LogP contribution is 2.27. The van der Waals surface area contributed by atoms with E-state index in [1.54, 1.807) is 26.0 Å². The molecule has 108 valence electrons. The Morgan fingerprint density at radius 2 is 1.95 bits per heavy atom. The maximum Gasteiger partial charge on any atom is 0.267 e. The molecular formula is C10H18N4O3S2. The summed E-state index contributed by atoms with van der Waals surface area (Å²) in [6.07, 6.45) is 1.14. The molecule has 0 atom stereocenters. The van der Waals surface area contributed by atoms with E-state index in [9.17, 15) is 13.2 Å². The lowest BCUT2D eigenvalue weighted by Crippen LogP contribution is -2.31. The standard InChI is InChI=1S/C10H18N4O3S2/c1-13(2)10-12-8(11)7(18-10)9(15)14(3)5-6-19(4,16)17/h5-6,11H2,1-4H3. The molecule has 0 aliphatic rings. The van der Waals surface area contributed by atoms with Crippen LogP contribution in [0.2, 0.25) is 0 Å². The minimum Gasteiger partial charge on any atom is -0.382 e. The number of rotatable bonds is 5. The first-order chi connectivity index (χ1) is 8.61. The van der Waals surface area contributed by atoms with Crippen LogP contribution in [0.4, 0.5) is 10.9 Å². The van der Waals surface area contributed by atoms with Crippen LogP contribution in [-0.2, 0) is 9.84 Å². The van der Waals surface area contributed by atoms with Crippen molar-refractivity contribution in [2.24, 2.45) is 0 Å². The van der Waals surface area contributed by atoms with Gasteiger partial charge in [0.1, 0.15) is 20.5 Å². The lowest BCUT2D eigenvalue weighted by molar-refractivity contribution is 0.0809. The Morgan fingerprint density at radius 3 is 2.37 bits per heavy atom. The van der Waals surface area contributed by atoms with Crippen LogP contribution in [0.25, 0.3) is 0 Å². The quantitative estimate of drug-likeness (QED) is 0.816. The summed E-state index contributed by atoms with van der Waals surface area (Å²) in [7, 11) is 2.06. The van der Waals surface area contributed by atoms with Crippen molar-refractivity contribution in [1.82, 2.24) is 9.88 Å². The van der Waals surface area contributed by atoms with Crippen molar-refractivity contribution in [2.45, 2.75) is 0 Å². The Kier molecular flexibility index (Phi) is 4.75. The summed E-state index contributed by atoms with van der Waals surface area (Å²) in [4.78, 5) is 19.6. The first kappa shape index (κ1) is 15.7. The lowest BCUT2D eigenvalue weighted by Gasteiger charge is -2.15. The largest absolute Gasteiger partial charge is 0.382 e. The van der Waals surface area contributed by atoms with Crippen molar-refractivity contribution < 1.29 is 13.2 Å². The van der Waals surface area contributed by atoms with E-state index in [-0.39, 0.29) is 24.0 Å². The fraction of sp³-hybridized carbons (Fsp3) is 0.600. The van der Waals surface area contributed by atoms with Gasteiger partial charge in [0.05, 0.1) is 5.75 Å². The summed E-state index contributed by atoms with van der Waals surface area (Å²) in [5.41, 5.74) is 5.71. The van der Waals surface area contributed by atoms with E-state index >= 15 is 0 Å². The molecule has 0 radical (unpaired) electrons. The number of carbonyl (C=O) groups is 1. The predicted molar refractivity (Wildman–Crippen MR) is 77.5 cm³/mol. The van der Waals surface area contributed by atoms with Gasteiger partial charge in [-0.25, -0.2) is 13.4 Å². The van der Waals surface area contributed by atoms with E-state index in [4.69, 9.17) is 5.73 Å². The normalized spacial score (nSPS) is 11.4. The van der Waals surface area contributed by atoms with E-state index in [0.717, 1.165) is 6.26 Å². The van der Waals surface area contributed by atoms with Crippen molar-refractivity contribution in [3.8, 4) is 0 Å². The first-order valence-corrected chi connectivity index (χ1v) is 8.36. The number of carbonyl (C=O) groups excluding carboxylic acids is 1. The molecule has 0 bridgehead atoms. The van der Waals surface area contributed by atoms with Crippen molar-refractivity contribution in [3.05, 3.63) is 4.88 Å². The average Bonchev–Trinajstić information content (AvgIpc) is 2.66. The Balaban J connectivity index is 2.82. The number of hydrogen-bond acceptors (Lipinski definition) is 7. The second-order valence-corrected chi connectivity index (χ2v) is 7.70. The van der Waals surface area contributed by atoms with Crippen molar-refractivity contribution in [1.29, 1.82) is 0 Å². The first-order valence-electron chi connectivity index (χ1n) is 5.48. The number of nitrogens with zero attached hydrogens (tertiary/aromatic N) is 3. The smallest absolute Gasteiger partial charge is 0.267 e. The van der Waals surface area contributed by atoms with Crippen LogP contribution in [-0.4, -0.2) is 63.9 Å². The second kappa shape index (κ2) is 5.74. The zero-order valence-electron chi connectivity index (χ0n) is 11.4. The Morgan fingerprint density at radius 1 is 1.37 bits per heavy atom. The minimum absolute atomic E-state index is 0.0749. The molecule has 0 aliphatic carbocycles. The molecule has 0 aliphatic heterocycles. The molecule has 7 nitrogen and oxygen atoms in total. The van der Waals surface area contributed by atoms with Gasteiger partial charge in [0.25, 0.3) is 5.91 Å². The molecule has 0 spiro atoms. The van der Waals surface area contributed by atoms with Crippen molar-refractivity contribution in [2.75, 3.05) is 50.3 Å². The van der Waals surface area contributed by atoms with Crippen LogP contribution in [0.5, 0.6) is 0 Å². The van der Waals surface area contributed by atoms with Crippen molar-refractivity contribution in [3.63, 3.8) is 0 Å². The molecule has 0 unspecified atom stereocenters. The average molecular weight is 306 g/mol. The van der Waals surface area contributed by atoms with E-state index in [1.165, 1.54) is 16.2 Å². The van der Waals surface area contributed by atoms with Crippen LogP contribution in [0.3, 0.4) is 0 Å². The van der Waals surface area contributed by atoms with E-state index in [0.29, 0.717) is 10.0 Å². The summed E-state index contributed by atoms with van der Waals surface area (Å²) in [5.74, 6) is -0.217. The van der Waals surface area contributed by atoms with Gasteiger partial charge in [-0.3, -0.25) is 4.79 Å². The molecular weight excluding hydrogens is 288 g/mol. The molecule has 1 aromatic heterocycles. The highest BCUT2D eigenvalue weighted by atomic mass is 32.2. The lowest BCUT2D eigenvalue weighted by atomic mass is 10.4. The highest BCUT2D eigenvalue weighted by molar-refractivity contribution is 7.90. The van der Waals surface area contributed by atoms with E-state index in [1.807, 2.05) is 0 Å². The maximum absolute atomic E-state index is 12.1. The number of sulfone groups is 1. The predicted octanol–water partition coefficient (Wildman–Crippen LogP) is -0.0921. The van der Waals surface area contributed by atoms with Gasteiger partial charge in [-0.2, -0.15) is 0 Å². The fourth-order valence-corrected chi connectivity index (χ4v) is 2.75. The SMILES string of the molecule is CN(CCS(C)(=O)=O)C(=O)c1sc(N(C)C)nc1N. The van der Waals surface area contributed by atoms with Gasteiger partial charge in [0.15, 0.2) is 5.13 Å². The van der Waals surface area contributed by atoms with Gasteiger partial charge in [0, 0.05) is 33.9 Å². The van der Waals surface area contributed by atoms with E-state index < -0.39 is 9.84 Å². The molecule has 1 rings (SSSR count). The topological polar surface area (TPSA) is 96.6 Å². The molecule has 0 saturated carbocycles. The number of amides is 1. The fourth-order valence-electron chi connectivity index (χ4n) is 1.24. The number of aromatic nitrogens is 1. The second-order valence-electron chi connectivity index (χ2n) is 4.46. The van der Waals surface area contributed by atoms with Gasteiger partial charge in [0.2, 0.25) is 0 Å². The minimum atomic E-state index is -3.10. The number of nitrogens with two attached hydrogens (primary N) is 1. The third-order valence-electron chi connectivity index (χ3n) is 2.36. The number of anilines is 2. The number of hydrogen-bond donors (Lipinski definition) is 1. The molecule has 1 aromatic rings. The summed E-state index contributed by atoms with van der Waals surface area (Å²) in [6, 6.07) is 0. The Labute approximate surface area is 116 Å². The summed E-state index contributed by atoms with van der Waals surface area (Å²) in [5, 5.41) is 0.636. The molecule has 19 heavy (non-hydrogen) atoms. The van der Waals surface area contributed by atoms with Crippen LogP contribution in [0.15, 0.2) is 0 Å². The van der Waals surface area contributed by atoms with Gasteiger partial charge in [-0.15, -0.1) is 0 Å². The molecule has 1 heterocycles. The molecule has 0 fully saturated rings. The zero-order chi connectivity index (χ0) is 14.8. The summed E-state index contributed by atoms with van der Waals surface area (Å²) >= 11 is 1.19. The molecule has 9 heteroatoms. The molecule has 0 saturated heterocycles. The van der Waals surface area contributed by atoms with Gasteiger partial charge in [-0.05, 0) is 0 Å². The zero-order valence-corrected chi connectivity index (χ0v) is 13.0. The van der Waals surface area contributed by atoms with Crippen LogP contribution >= 0.6 is 11.3 Å². The summed E-state index contributed by atoms with van der Waals surface area (Å²) in [6.45, 7) is 0.131. The number of nitrogen functional groups attached to an aromatic ring is 1. The van der Waals surface area contributed by atoms with Gasteiger partial charge < -0.3 is 15.5 Å². The monoisotopic (exact) mass is 306 g/mol. The third kappa shape index (κ3) is 4.35. The number of thiazole rings is 1. The Bertz CT molecular complexity index is 565. The summed E-state index contributed by atoms with van der Waals surface area (Å²) < 4.78 is 22.2. The highest BCUT2D eigenvalue weighted by Gasteiger charge is 2.21. The van der Waals surface area contributed by atoms with Crippen LogP contribution in [0, 0.1) is 0 Å². The van der Waals surface area contributed by atoms with Gasteiger partial charge in [-0.1, -0.05) is 11.3 Å². The van der Waals surface area contributed by atoms with Gasteiger partial charge >= 0.3 is 0 Å². The molecule has 1 amide bonds.